The first-order valence-electron chi connectivity index (χ1n) is 5.17. The first-order valence-corrected chi connectivity index (χ1v) is 5.17. The van der Waals surface area contributed by atoms with Gasteiger partial charge in [0.2, 0.25) is 0 Å². The van der Waals surface area contributed by atoms with Crippen LogP contribution in [-0.4, -0.2) is 13.2 Å². The summed E-state index contributed by atoms with van der Waals surface area (Å²) in [6.45, 7) is 1.01. The van der Waals surface area contributed by atoms with Crippen molar-refractivity contribution in [2.24, 2.45) is 5.73 Å². The van der Waals surface area contributed by atoms with Crippen molar-refractivity contribution in [1.82, 2.24) is 0 Å². The fourth-order valence-corrected chi connectivity index (χ4v) is 1.44. The molecule has 0 atom stereocenters. The van der Waals surface area contributed by atoms with Crippen molar-refractivity contribution in [3.8, 4) is 5.95 Å². The van der Waals surface area contributed by atoms with E-state index in [-0.39, 0.29) is 24.0 Å². The van der Waals surface area contributed by atoms with E-state index in [0.29, 0.717) is 18.5 Å². The third-order valence-corrected chi connectivity index (χ3v) is 2.24. The Hall–Kier alpha value is -1.52. The standard InChI is InChI=1S/C12H13NO3.ClH/c13-6-3-7-15-11-8-9-4-1-2-5-10(9)12(14)16-11;/h1-2,4-5,8H,3,6-7,13H2;1H. The van der Waals surface area contributed by atoms with E-state index in [0.717, 1.165) is 11.8 Å². The summed E-state index contributed by atoms with van der Waals surface area (Å²) >= 11 is 0. The highest BCUT2D eigenvalue weighted by molar-refractivity contribution is 5.85. The van der Waals surface area contributed by atoms with E-state index in [1.807, 2.05) is 12.1 Å². The van der Waals surface area contributed by atoms with Crippen LogP contribution in [0.25, 0.3) is 10.8 Å². The summed E-state index contributed by atoms with van der Waals surface area (Å²) in [6.07, 6.45) is 0.733. The third-order valence-electron chi connectivity index (χ3n) is 2.24. The summed E-state index contributed by atoms with van der Waals surface area (Å²) in [5.41, 5.74) is 4.97. The van der Waals surface area contributed by atoms with Gasteiger partial charge >= 0.3 is 5.63 Å². The van der Waals surface area contributed by atoms with Crippen LogP contribution in [0, 0.1) is 0 Å². The van der Waals surface area contributed by atoms with Crippen LogP contribution in [0.5, 0.6) is 5.95 Å². The van der Waals surface area contributed by atoms with Crippen LogP contribution in [-0.2, 0) is 0 Å². The van der Waals surface area contributed by atoms with Gasteiger partial charge in [-0.1, -0.05) is 18.2 Å². The maximum absolute atomic E-state index is 11.6. The lowest BCUT2D eigenvalue weighted by molar-refractivity contribution is 0.230. The van der Waals surface area contributed by atoms with Gasteiger partial charge < -0.3 is 14.9 Å². The van der Waals surface area contributed by atoms with Gasteiger partial charge in [-0.05, 0) is 24.4 Å². The van der Waals surface area contributed by atoms with Crippen LogP contribution < -0.4 is 16.1 Å². The molecular weight excluding hydrogens is 242 g/mol. The molecule has 1 heterocycles. The van der Waals surface area contributed by atoms with Crippen molar-refractivity contribution in [3.05, 3.63) is 40.8 Å². The first-order chi connectivity index (χ1) is 7.81. The smallest absolute Gasteiger partial charge is 0.346 e. The maximum atomic E-state index is 11.6. The number of benzene rings is 1. The molecule has 17 heavy (non-hydrogen) atoms. The van der Waals surface area contributed by atoms with Gasteiger partial charge in [-0.25, -0.2) is 4.79 Å². The van der Waals surface area contributed by atoms with Crippen molar-refractivity contribution in [3.63, 3.8) is 0 Å². The minimum absolute atomic E-state index is 0. The molecule has 0 unspecified atom stereocenters. The summed E-state index contributed by atoms with van der Waals surface area (Å²) in [5.74, 6) is 0.247. The van der Waals surface area contributed by atoms with E-state index in [2.05, 4.69) is 0 Å². The maximum Gasteiger partial charge on any atom is 0.346 e. The average molecular weight is 256 g/mol. The van der Waals surface area contributed by atoms with E-state index < -0.39 is 0 Å². The molecule has 0 aliphatic heterocycles. The number of ether oxygens (including phenoxy) is 1. The Kier molecular flexibility index (Phi) is 5.00. The second kappa shape index (κ2) is 6.27. The fourth-order valence-electron chi connectivity index (χ4n) is 1.44. The molecule has 0 spiro atoms. The average Bonchev–Trinajstić information content (AvgIpc) is 2.30. The predicted molar refractivity (Wildman–Crippen MR) is 68.9 cm³/mol. The normalized spacial score (nSPS) is 9.94. The Morgan fingerprint density at radius 3 is 2.82 bits per heavy atom. The van der Waals surface area contributed by atoms with Gasteiger partial charge in [-0.2, -0.15) is 0 Å². The molecule has 0 saturated heterocycles. The molecule has 0 amide bonds. The Morgan fingerprint density at radius 1 is 1.29 bits per heavy atom. The zero-order valence-electron chi connectivity index (χ0n) is 9.22. The number of fused-ring (bicyclic) bond motifs is 1. The quantitative estimate of drug-likeness (QED) is 0.848. The number of halogens is 1. The minimum Gasteiger partial charge on any atom is -0.465 e. The summed E-state index contributed by atoms with van der Waals surface area (Å²) in [4.78, 5) is 11.6. The number of rotatable bonds is 4. The summed E-state index contributed by atoms with van der Waals surface area (Å²) in [7, 11) is 0. The molecule has 0 bridgehead atoms. The molecule has 4 nitrogen and oxygen atoms in total. The van der Waals surface area contributed by atoms with Crippen LogP contribution in [0.3, 0.4) is 0 Å². The van der Waals surface area contributed by atoms with Crippen molar-refractivity contribution in [2.45, 2.75) is 6.42 Å². The molecule has 2 rings (SSSR count). The van der Waals surface area contributed by atoms with Gasteiger partial charge in [0.05, 0.1) is 12.0 Å². The van der Waals surface area contributed by atoms with Crippen LogP contribution >= 0.6 is 12.4 Å². The summed E-state index contributed by atoms with van der Waals surface area (Å²) in [6, 6.07) is 8.96. The lowest BCUT2D eigenvalue weighted by Gasteiger charge is -2.04. The zero-order valence-corrected chi connectivity index (χ0v) is 10.0. The summed E-state index contributed by atoms with van der Waals surface area (Å²) in [5, 5.41) is 1.38. The lowest BCUT2D eigenvalue weighted by Crippen LogP contribution is -2.08. The third kappa shape index (κ3) is 3.22. The monoisotopic (exact) mass is 255 g/mol. The fraction of sp³-hybridized carbons (Fsp3) is 0.250. The molecule has 0 fully saturated rings. The Bertz CT molecular complexity index is 539. The lowest BCUT2D eigenvalue weighted by atomic mass is 10.2. The highest BCUT2D eigenvalue weighted by Gasteiger charge is 2.03. The van der Waals surface area contributed by atoms with Gasteiger partial charge in [0.1, 0.15) is 0 Å². The van der Waals surface area contributed by atoms with Crippen LogP contribution in [0.1, 0.15) is 6.42 Å². The molecule has 0 aliphatic rings. The van der Waals surface area contributed by atoms with Crippen molar-refractivity contribution >= 4 is 23.2 Å². The molecule has 5 heteroatoms. The van der Waals surface area contributed by atoms with Gasteiger partial charge in [-0.15, -0.1) is 12.4 Å². The predicted octanol–water partition coefficient (Wildman–Crippen LogP) is 1.94. The van der Waals surface area contributed by atoms with E-state index >= 15 is 0 Å². The molecule has 0 radical (unpaired) electrons. The minimum atomic E-state index is -0.374. The first kappa shape index (κ1) is 13.5. The Balaban J connectivity index is 0.00000144. The number of nitrogens with two attached hydrogens (primary N) is 1. The topological polar surface area (TPSA) is 65.5 Å². The molecular formula is C12H14ClNO3. The zero-order chi connectivity index (χ0) is 11.4. The van der Waals surface area contributed by atoms with Crippen molar-refractivity contribution in [1.29, 1.82) is 0 Å². The van der Waals surface area contributed by atoms with Gasteiger partial charge in [0, 0.05) is 6.07 Å². The van der Waals surface area contributed by atoms with E-state index in [9.17, 15) is 4.79 Å². The van der Waals surface area contributed by atoms with E-state index in [1.54, 1.807) is 18.2 Å². The Morgan fingerprint density at radius 2 is 2.06 bits per heavy atom. The molecule has 0 aliphatic carbocycles. The second-order valence-electron chi connectivity index (χ2n) is 3.43. The molecule has 1 aromatic heterocycles. The molecule has 2 aromatic rings. The largest absolute Gasteiger partial charge is 0.465 e. The highest BCUT2D eigenvalue weighted by atomic mass is 35.5. The summed E-state index contributed by atoms with van der Waals surface area (Å²) < 4.78 is 10.3. The number of hydrogen-bond acceptors (Lipinski definition) is 4. The van der Waals surface area contributed by atoms with Gasteiger partial charge in [0.15, 0.2) is 0 Å². The van der Waals surface area contributed by atoms with Gasteiger partial charge in [-0.3, -0.25) is 0 Å². The highest BCUT2D eigenvalue weighted by Crippen LogP contribution is 2.16. The molecule has 1 aromatic carbocycles. The van der Waals surface area contributed by atoms with Crippen LogP contribution in [0.2, 0.25) is 0 Å². The van der Waals surface area contributed by atoms with E-state index in [1.165, 1.54) is 0 Å². The SMILES string of the molecule is Cl.NCCCOc1cc2ccccc2c(=O)o1. The van der Waals surface area contributed by atoms with Crippen molar-refractivity contribution < 1.29 is 9.15 Å². The number of hydrogen-bond donors (Lipinski definition) is 1. The molecule has 2 N–H and O–H groups in total. The molecule has 92 valence electrons. The van der Waals surface area contributed by atoms with Crippen LogP contribution in [0.15, 0.2) is 39.5 Å². The Labute approximate surface area is 105 Å². The molecule has 0 saturated carbocycles. The second-order valence-corrected chi connectivity index (χ2v) is 3.43. The van der Waals surface area contributed by atoms with E-state index in [4.69, 9.17) is 14.9 Å². The van der Waals surface area contributed by atoms with Gasteiger partial charge in [0.25, 0.3) is 5.95 Å². The van der Waals surface area contributed by atoms with Crippen LogP contribution in [0.4, 0.5) is 0 Å². The van der Waals surface area contributed by atoms with Crippen molar-refractivity contribution in [2.75, 3.05) is 13.2 Å².